The molecule has 2 heterocycles. The van der Waals surface area contributed by atoms with E-state index in [4.69, 9.17) is 4.74 Å². The fourth-order valence-corrected chi connectivity index (χ4v) is 5.36. The molecule has 0 saturated heterocycles. The van der Waals surface area contributed by atoms with E-state index in [1.54, 1.807) is 18.4 Å². The molecule has 4 nitrogen and oxygen atoms in total. The Bertz CT molecular complexity index is 818. The second kappa shape index (κ2) is 6.08. The van der Waals surface area contributed by atoms with E-state index in [1.807, 2.05) is 18.2 Å². The fourth-order valence-electron chi connectivity index (χ4n) is 3.55. The summed E-state index contributed by atoms with van der Waals surface area (Å²) in [5.41, 5.74) is 3.02. The van der Waals surface area contributed by atoms with Crippen molar-refractivity contribution in [3.05, 3.63) is 44.2 Å². The van der Waals surface area contributed by atoms with Crippen molar-refractivity contribution in [2.45, 2.75) is 32.4 Å². The van der Waals surface area contributed by atoms with Gasteiger partial charge in [0.2, 0.25) is 0 Å². The van der Waals surface area contributed by atoms with Crippen LogP contribution in [0.3, 0.4) is 0 Å². The van der Waals surface area contributed by atoms with Gasteiger partial charge in [0.1, 0.15) is 16.9 Å². The Morgan fingerprint density at radius 1 is 1.33 bits per heavy atom. The predicted octanol–water partition coefficient (Wildman–Crippen LogP) is 4.50. The van der Waals surface area contributed by atoms with E-state index in [0.29, 0.717) is 5.92 Å². The molecular formula is C18H19BrN2O2S. The number of methoxy groups -OCH3 is 1. The Morgan fingerprint density at radius 2 is 2.17 bits per heavy atom. The SMILES string of the molecule is COc1ccc(Br)cc1[C@@H]1NC(=O)c2c(sc3c2CC[C@H](C)C3)N1. The summed E-state index contributed by atoms with van der Waals surface area (Å²) in [6.07, 6.45) is 2.96. The van der Waals surface area contributed by atoms with E-state index in [-0.39, 0.29) is 12.1 Å². The van der Waals surface area contributed by atoms with Crippen LogP contribution in [0.1, 0.15) is 45.9 Å². The minimum absolute atomic E-state index is 0.0165. The molecule has 126 valence electrons. The molecule has 2 N–H and O–H groups in total. The van der Waals surface area contributed by atoms with Crippen LogP contribution in [0, 0.1) is 5.92 Å². The standard InChI is InChI=1S/C18H19BrN2O2S/c1-9-3-5-11-14(7-9)24-18-15(11)17(22)20-16(21-18)12-8-10(19)4-6-13(12)23-2/h4,6,8-9,16,21H,3,5,7H2,1-2H3,(H,20,22)/t9-,16+/m0/s1. The quantitative estimate of drug-likeness (QED) is 0.771. The number of halogens is 1. The summed E-state index contributed by atoms with van der Waals surface area (Å²) in [4.78, 5) is 14.1. The molecule has 0 spiro atoms. The zero-order chi connectivity index (χ0) is 16.8. The van der Waals surface area contributed by atoms with E-state index >= 15 is 0 Å². The first-order valence-electron chi connectivity index (χ1n) is 8.12. The molecule has 24 heavy (non-hydrogen) atoms. The lowest BCUT2D eigenvalue weighted by Crippen LogP contribution is -2.38. The predicted molar refractivity (Wildman–Crippen MR) is 100 cm³/mol. The average Bonchev–Trinajstić information content (AvgIpc) is 2.92. The zero-order valence-electron chi connectivity index (χ0n) is 13.6. The monoisotopic (exact) mass is 406 g/mol. The number of carbonyl (C=O) groups is 1. The minimum atomic E-state index is -0.282. The molecule has 6 heteroatoms. The van der Waals surface area contributed by atoms with Crippen LogP contribution in [0.5, 0.6) is 5.75 Å². The third-order valence-electron chi connectivity index (χ3n) is 4.79. The van der Waals surface area contributed by atoms with E-state index in [0.717, 1.165) is 45.6 Å². The van der Waals surface area contributed by atoms with Gasteiger partial charge in [0.05, 0.1) is 12.7 Å². The highest BCUT2D eigenvalue weighted by molar-refractivity contribution is 9.10. The van der Waals surface area contributed by atoms with Gasteiger partial charge in [-0.3, -0.25) is 4.79 Å². The molecule has 1 aromatic carbocycles. The second-order valence-corrected chi connectivity index (χ2v) is 8.51. The number of hydrogen-bond donors (Lipinski definition) is 2. The fraction of sp³-hybridized carbons (Fsp3) is 0.389. The van der Waals surface area contributed by atoms with Crippen molar-refractivity contribution in [1.29, 1.82) is 0 Å². The van der Waals surface area contributed by atoms with Gasteiger partial charge in [0.15, 0.2) is 0 Å². The highest BCUT2D eigenvalue weighted by Crippen LogP contribution is 2.43. The van der Waals surface area contributed by atoms with Gasteiger partial charge in [-0.25, -0.2) is 0 Å². The molecule has 0 radical (unpaired) electrons. The highest BCUT2D eigenvalue weighted by Gasteiger charge is 2.33. The van der Waals surface area contributed by atoms with Crippen molar-refractivity contribution in [3.8, 4) is 5.75 Å². The van der Waals surface area contributed by atoms with Crippen LogP contribution in [0.15, 0.2) is 22.7 Å². The molecule has 2 aliphatic rings. The molecule has 0 fully saturated rings. The zero-order valence-corrected chi connectivity index (χ0v) is 16.0. The van der Waals surface area contributed by atoms with Gasteiger partial charge in [0.25, 0.3) is 5.91 Å². The Hall–Kier alpha value is -1.53. The number of benzene rings is 1. The molecule has 1 aliphatic carbocycles. The topological polar surface area (TPSA) is 50.4 Å². The lowest BCUT2D eigenvalue weighted by Gasteiger charge is -2.28. The first-order chi connectivity index (χ1) is 11.6. The molecular weight excluding hydrogens is 388 g/mol. The van der Waals surface area contributed by atoms with Crippen LogP contribution in [-0.4, -0.2) is 13.0 Å². The van der Waals surface area contributed by atoms with Crippen molar-refractivity contribution in [2.75, 3.05) is 12.4 Å². The highest BCUT2D eigenvalue weighted by atomic mass is 79.9. The molecule has 0 saturated carbocycles. The molecule has 0 bridgehead atoms. The summed E-state index contributed by atoms with van der Waals surface area (Å²) >= 11 is 5.24. The van der Waals surface area contributed by atoms with Crippen LogP contribution in [0.4, 0.5) is 5.00 Å². The molecule has 4 rings (SSSR count). The van der Waals surface area contributed by atoms with Crippen LogP contribution < -0.4 is 15.4 Å². The van der Waals surface area contributed by atoms with Gasteiger partial charge >= 0.3 is 0 Å². The molecule has 1 amide bonds. The number of ether oxygens (including phenoxy) is 1. The summed E-state index contributed by atoms with van der Waals surface area (Å²) < 4.78 is 6.42. The normalized spacial score (nSPS) is 22.2. The number of carbonyl (C=O) groups excluding carboxylic acids is 1. The number of rotatable bonds is 2. The lowest BCUT2D eigenvalue weighted by atomic mass is 9.88. The summed E-state index contributed by atoms with van der Waals surface area (Å²) in [6.45, 7) is 2.28. The Labute approximate surface area is 153 Å². The molecule has 1 aliphatic heterocycles. The van der Waals surface area contributed by atoms with Crippen molar-refractivity contribution >= 4 is 38.2 Å². The van der Waals surface area contributed by atoms with Crippen LogP contribution in [0.25, 0.3) is 0 Å². The first kappa shape index (κ1) is 16.0. The van der Waals surface area contributed by atoms with Crippen LogP contribution in [-0.2, 0) is 12.8 Å². The minimum Gasteiger partial charge on any atom is -0.496 e. The van der Waals surface area contributed by atoms with Gasteiger partial charge in [0, 0.05) is 14.9 Å². The van der Waals surface area contributed by atoms with Crippen LogP contribution in [0.2, 0.25) is 0 Å². The van der Waals surface area contributed by atoms with Crippen molar-refractivity contribution in [2.24, 2.45) is 5.92 Å². The number of fused-ring (bicyclic) bond motifs is 3. The van der Waals surface area contributed by atoms with Gasteiger partial charge < -0.3 is 15.4 Å². The molecule has 0 unspecified atom stereocenters. The number of nitrogens with one attached hydrogen (secondary N) is 2. The van der Waals surface area contributed by atoms with E-state index < -0.39 is 0 Å². The van der Waals surface area contributed by atoms with Crippen LogP contribution >= 0.6 is 27.3 Å². The van der Waals surface area contributed by atoms with Crippen molar-refractivity contribution in [1.82, 2.24) is 5.32 Å². The van der Waals surface area contributed by atoms with E-state index in [2.05, 4.69) is 33.5 Å². The summed E-state index contributed by atoms with van der Waals surface area (Å²) in [7, 11) is 1.65. The Balaban J connectivity index is 1.73. The summed E-state index contributed by atoms with van der Waals surface area (Å²) in [6, 6.07) is 5.82. The van der Waals surface area contributed by atoms with Gasteiger partial charge in [-0.1, -0.05) is 22.9 Å². The number of hydrogen-bond acceptors (Lipinski definition) is 4. The number of thiophene rings is 1. The second-order valence-electron chi connectivity index (χ2n) is 6.49. The summed E-state index contributed by atoms with van der Waals surface area (Å²) in [5.74, 6) is 1.47. The smallest absolute Gasteiger partial charge is 0.256 e. The number of anilines is 1. The number of amides is 1. The van der Waals surface area contributed by atoms with E-state index in [9.17, 15) is 4.79 Å². The van der Waals surface area contributed by atoms with E-state index in [1.165, 1.54) is 10.4 Å². The maximum atomic E-state index is 12.8. The lowest BCUT2D eigenvalue weighted by molar-refractivity contribution is 0.0934. The van der Waals surface area contributed by atoms with Gasteiger partial charge in [-0.15, -0.1) is 11.3 Å². The Morgan fingerprint density at radius 3 is 2.96 bits per heavy atom. The average molecular weight is 407 g/mol. The summed E-state index contributed by atoms with van der Waals surface area (Å²) in [5, 5.41) is 7.59. The third kappa shape index (κ3) is 2.62. The molecule has 2 aromatic rings. The first-order valence-corrected chi connectivity index (χ1v) is 9.73. The molecule has 2 atom stereocenters. The van der Waals surface area contributed by atoms with Gasteiger partial charge in [-0.05, 0) is 48.9 Å². The van der Waals surface area contributed by atoms with Crippen molar-refractivity contribution in [3.63, 3.8) is 0 Å². The molecule has 1 aromatic heterocycles. The maximum absolute atomic E-state index is 12.8. The van der Waals surface area contributed by atoms with Crippen molar-refractivity contribution < 1.29 is 9.53 Å². The maximum Gasteiger partial charge on any atom is 0.256 e. The largest absolute Gasteiger partial charge is 0.496 e. The third-order valence-corrected chi connectivity index (χ3v) is 6.47. The van der Waals surface area contributed by atoms with Gasteiger partial charge in [-0.2, -0.15) is 0 Å². The Kier molecular flexibility index (Phi) is 4.04.